The van der Waals surface area contributed by atoms with Gasteiger partial charge in [0.15, 0.2) is 5.82 Å². The first-order valence-corrected chi connectivity index (χ1v) is 8.47. The van der Waals surface area contributed by atoms with Crippen molar-refractivity contribution in [3.63, 3.8) is 0 Å². The number of rotatable bonds is 4. The van der Waals surface area contributed by atoms with Crippen LogP contribution in [0.1, 0.15) is 37.7 Å². The summed E-state index contributed by atoms with van der Waals surface area (Å²) in [6.45, 7) is 0.662. The van der Waals surface area contributed by atoms with Crippen LogP contribution in [0.2, 0.25) is 0 Å². The molecule has 0 radical (unpaired) electrons. The largest absolute Gasteiger partial charge is 0.338 e. The second-order valence-corrected chi connectivity index (χ2v) is 6.23. The fourth-order valence-corrected chi connectivity index (χ4v) is 3.13. The molecular formula is C18H20FN5O. The van der Waals surface area contributed by atoms with Gasteiger partial charge in [-0.1, -0.05) is 25.3 Å². The fourth-order valence-electron chi connectivity index (χ4n) is 3.13. The molecule has 0 unspecified atom stereocenters. The Balaban J connectivity index is 1.61. The number of nitrogens with zero attached hydrogens (tertiary/aromatic N) is 3. The number of nitriles is 1. The van der Waals surface area contributed by atoms with Crippen molar-refractivity contribution >= 4 is 11.8 Å². The van der Waals surface area contributed by atoms with E-state index in [0.29, 0.717) is 24.0 Å². The van der Waals surface area contributed by atoms with Crippen molar-refractivity contribution in [1.82, 2.24) is 15.1 Å². The van der Waals surface area contributed by atoms with Gasteiger partial charge in [0.1, 0.15) is 17.4 Å². The van der Waals surface area contributed by atoms with Crippen LogP contribution < -0.4 is 10.6 Å². The molecule has 1 aliphatic rings. The lowest BCUT2D eigenvalue weighted by molar-refractivity contribution is 0.247. The number of carbonyl (C=O) groups excluding carboxylic acids is 1. The number of amides is 2. The molecule has 2 amide bonds. The molecule has 0 saturated heterocycles. The van der Waals surface area contributed by atoms with Crippen LogP contribution in [0.3, 0.4) is 0 Å². The summed E-state index contributed by atoms with van der Waals surface area (Å²) in [4.78, 5) is 12.0. The second-order valence-electron chi connectivity index (χ2n) is 6.23. The molecule has 6 nitrogen and oxygen atoms in total. The van der Waals surface area contributed by atoms with Crippen LogP contribution in [-0.4, -0.2) is 22.4 Å². The SMILES string of the molecule is N#Cc1c(F)cccc1-n1ccc(NC(=O)NCC2CCCCC2)n1. The lowest BCUT2D eigenvalue weighted by Crippen LogP contribution is -2.33. The molecule has 1 aromatic heterocycles. The van der Waals surface area contributed by atoms with E-state index >= 15 is 0 Å². The summed E-state index contributed by atoms with van der Waals surface area (Å²) in [5.74, 6) is 0.284. The number of hydrogen-bond donors (Lipinski definition) is 2. The van der Waals surface area contributed by atoms with E-state index in [9.17, 15) is 9.18 Å². The van der Waals surface area contributed by atoms with Crippen molar-refractivity contribution in [2.24, 2.45) is 5.92 Å². The zero-order chi connectivity index (χ0) is 17.6. The third-order valence-electron chi connectivity index (χ3n) is 4.46. The number of carbonyl (C=O) groups is 1. The van der Waals surface area contributed by atoms with E-state index in [1.807, 2.05) is 6.07 Å². The topological polar surface area (TPSA) is 82.7 Å². The summed E-state index contributed by atoms with van der Waals surface area (Å²) in [5.41, 5.74) is 0.247. The maximum Gasteiger partial charge on any atom is 0.320 e. The first-order valence-electron chi connectivity index (χ1n) is 8.47. The average molecular weight is 341 g/mol. The number of hydrogen-bond acceptors (Lipinski definition) is 3. The average Bonchev–Trinajstić information content (AvgIpc) is 3.09. The van der Waals surface area contributed by atoms with E-state index in [0.717, 1.165) is 12.8 Å². The van der Waals surface area contributed by atoms with Crippen molar-refractivity contribution in [3.8, 4) is 11.8 Å². The second kappa shape index (κ2) is 7.79. The van der Waals surface area contributed by atoms with E-state index in [1.54, 1.807) is 18.3 Å². The minimum atomic E-state index is -0.602. The van der Waals surface area contributed by atoms with Crippen molar-refractivity contribution in [1.29, 1.82) is 5.26 Å². The van der Waals surface area contributed by atoms with Gasteiger partial charge in [0.25, 0.3) is 0 Å². The first kappa shape index (κ1) is 17.0. The minimum Gasteiger partial charge on any atom is -0.338 e. The standard InChI is InChI=1S/C18H20FN5O/c19-15-7-4-8-16(14(15)11-20)24-10-9-17(23-24)22-18(25)21-12-13-5-2-1-3-6-13/h4,7-10,13H,1-3,5-6,12H2,(H2,21,22,23,25). The summed E-state index contributed by atoms with van der Waals surface area (Å²) >= 11 is 0. The Bertz CT molecular complexity index is 789. The fraction of sp³-hybridized carbons (Fsp3) is 0.389. The molecule has 1 saturated carbocycles. The minimum absolute atomic E-state index is 0.0844. The summed E-state index contributed by atoms with van der Waals surface area (Å²) < 4.78 is 15.1. The molecule has 0 bridgehead atoms. The van der Waals surface area contributed by atoms with E-state index in [2.05, 4.69) is 15.7 Å². The molecule has 130 valence electrons. The van der Waals surface area contributed by atoms with Gasteiger partial charge in [-0.25, -0.2) is 13.9 Å². The molecule has 1 heterocycles. The predicted octanol–water partition coefficient (Wildman–Crippen LogP) is 3.58. The van der Waals surface area contributed by atoms with Gasteiger partial charge in [-0.2, -0.15) is 5.26 Å². The van der Waals surface area contributed by atoms with Gasteiger partial charge in [-0.3, -0.25) is 5.32 Å². The summed E-state index contributed by atoms with van der Waals surface area (Å²) in [5, 5.41) is 18.8. The number of urea groups is 1. The zero-order valence-corrected chi connectivity index (χ0v) is 13.8. The molecular weight excluding hydrogens is 321 g/mol. The Morgan fingerprint density at radius 1 is 1.32 bits per heavy atom. The maximum absolute atomic E-state index is 13.7. The molecule has 1 aromatic carbocycles. The van der Waals surface area contributed by atoms with Crippen molar-refractivity contribution < 1.29 is 9.18 Å². The van der Waals surface area contributed by atoms with Gasteiger partial charge in [-0.15, -0.1) is 5.10 Å². The van der Waals surface area contributed by atoms with E-state index < -0.39 is 5.82 Å². The molecule has 3 rings (SSSR count). The normalized spacial score (nSPS) is 14.7. The third-order valence-corrected chi connectivity index (χ3v) is 4.46. The number of nitrogens with one attached hydrogen (secondary N) is 2. The van der Waals surface area contributed by atoms with E-state index in [4.69, 9.17) is 5.26 Å². The van der Waals surface area contributed by atoms with Gasteiger partial charge in [-0.05, 0) is 30.9 Å². The van der Waals surface area contributed by atoms with Gasteiger partial charge in [0.05, 0.1) is 5.69 Å². The lowest BCUT2D eigenvalue weighted by atomic mass is 9.89. The highest BCUT2D eigenvalue weighted by Gasteiger charge is 2.15. The number of anilines is 1. The highest BCUT2D eigenvalue weighted by atomic mass is 19.1. The number of benzene rings is 1. The van der Waals surface area contributed by atoms with Crippen LogP contribution in [0.25, 0.3) is 5.69 Å². The van der Waals surface area contributed by atoms with E-state index in [1.165, 1.54) is 36.1 Å². The monoisotopic (exact) mass is 341 g/mol. The summed E-state index contributed by atoms with van der Waals surface area (Å²) in [6.07, 6.45) is 7.63. The van der Waals surface area contributed by atoms with Crippen molar-refractivity contribution in [2.75, 3.05) is 11.9 Å². The first-order chi connectivity index (χ1) is 12.2. The molecule has 1 fully saturated rings. The van der Waals surface area contributed by atoms with Crippen LogP contribution in [0.15, 0.2) is 30.5 Å². The third kappa shape index (κ3) is 4.15. The highest BCUT2D eigenvalue weighted by Crippen LogP contribution is 2.22. The summed E-state index contributed by atoms with van der Waals surface area (Å²) in [7, 11) is 0. The van der Waals surface area contributed by atoms with Gasteiger partial charge in [0, 0.05) is 18.8 Å². The highest BCUT2D eigenvalue weighted by molar-refractivity contribution is 5.88. The van der Waals surface area contributed by atoms with Crippen LogP contribution in [0, 0.1) is 23.1 Å². The molecule has 7 heteroatoms. The van der Waals surface area contributed by atoms with Crippen LogP contribution in [0.5, 0.6) is 0 Å². The molecule has 25 heavy (non-hydrogen) atoms. The van der Waals surface area contributed by atoms with Gasteiger partial charge in [0.2, 0.25) is 0 Å². The van der Waals surface area contributed by atoms with Crippen LogP contribution in [0.4, 0.5) is 15.0 Å². The molecule has 2 aromatic rings. The predicted molar refractivity (Wildman–Crippen MR) is 91.8 cm³/mol. The van der Waals surface area contributed by atoms with Crippen LogP contribution >= 0.6 is 0 Å². The van der Waals surface area contributed by atoms with E-state index in [-0.39, 0.29) is 11.6 Å². The smallest absolute Gasteiger partial charge is 0.320 e. The summed E-state index contributed by atoms with van der Waals surface area (Å²) in [6, 6.07) is 7.46. The van der Waals surface area contributed by atoms with Gasteiger partial charge >= 0.3 is 6.03 Å². The Labute approximate surface area is 145 Å². The molecule has 0 aliphatic heterocycles. The Kier molecular flexibility index (Phi) is 5.29. The zero-order valence-electron chi connectivity index (χ0n) is 13.8. The quantitative estimate of drug-likeness (QED) is 0.891. The number of halogens is 1. The number of aromatic nitrogens is 2. The lowest BCUT2D eigenvalue weighted by Gasteiger charge is -2.21. The van der Waals surface area contributed by atoms with Crippen molar-refractivity contribution in [3.05, 3.63) is 41.8 Å². The molecule has 1 aliphatic carbocycles. The molecule has 0 spiro atoms. The Morgan fingerprint density at radius 2 is 2.12 bits per heavy atom. The van der Waals surface area contributed by atoms with Crippen LogP contribution in [-0.2, 0) is 0 Å². The Hall–Kier alpha value is -2.88. The van der Waals surface area contributed by atoms with Gasteiger partial charge < -0.3 is 5.32 Å². The van der Waals surface area contributed by atoms with Crippen molar-refractivity contribution in [2.45, 2.75) is 32.1 Å². The molecule has 0 atom stereocenters. The Morgan fingerprint density at radius 3 is 2.88 bits per heavy atom. The maximum atomic E-state index is 13.7. The molecule has 2 N–H and O–H groups in total.